The van der Waals surface area contributed by atoms with Crippen molar-refractivity contribution in [3.8, 4) is 5.82 Å². The van der Waals surface area contributed by atoms with Crippen molar-refractivity contribution in [3.63, 3.8) is 0 Å². The number of urea groups is 1. The molecule has 2 unspecified atom stereocenters. The molecule has 2 N–H and O–H groups in total. The summed E-state index contributed by atoms with van der Waals surface area (Å²) in [4.78, 5) is 20.7. The summed E-state index contributed by atoms with van der Waals surface area (Å²) in [5.41, 5.74) is 1.60. The lowest BCUT2D eigenvalue weighted by atomic mass is 10.0. The molecule has 2 aromatic heterocycles. The van der Waals surface area contributed by atoms with Crippen LogP contribution in [0.15, 0.2) is 61.3 Å². The number of rotatable bonds is 4. The molecule has 8 nitrogen and oxygen atoms in total. The second-order valence-corrected chi connectivity index (χ2v) is 5.91. The normalized spacial score (nSPS) is 19.2. The Morgan fingerprint density at radius 2 is 2.08 bits per heavy atom. The smallest absolute Gasteiger partial charge is 0.319 e. The number of ether oxygens (including phenoxy) is 1. The van der Waals surface area contributed by atoms with Crippen LogP contribution in [0.3, 0.4) is 0 Å². The van der Waals surface area contributed by atoms with Crippen LogP contribution in [-0.4, -0.2) is 38.4 Å². The Balaban J connectivity index is 1.46. The van der Waals surface area contributed by atoms with Crippen molar-refractivity contribution in [2.75, 3.05) is 11.9 Å². The highest BCUT2D eigenvalue weighted by molar-refractivity contribution is 5.91. The van der Waals surface area contributed by atoms with Crippen molar-refractivity contribution in [2.45, 2.75) is 18.6 Å². The summed E-state index contributed by atoms with van der Waals surface area (Å²) in [6, 6.07) is 13.0. The van der Waals surface area contributed by atoms with Crippen LogP contribution in [0, 0.1) is 0 Å². The van der Waals surface area contributed by atoms with E-state index >= 15 is 0 Å². The average molecular weight is 350 g/mol. The molecule has 132 valence electrons. The molecule has 0 spiro atoms. The van der Waals surface area contributed by atoms with Gasteiger partial charge in [0.05, 0.1) is 11.7 Å². The fraction of sp³-hybridized carbons (Fsp3) is 0.222. The molecule has 1 aromatic carbocycles. The van der Waals surface area contributed by atoms with Crippen LogP contribution in [0.5, 0.6) is 0 Å². The van der Waals surface area contributed by atoms with Crippen LogP contribution in [0.25, 0.3) is 5.82 Å². The highest BCUT2D eigenvalue weighted by Gasteiger charge is 2.30. The first kappa shape index (κ1) is 16.2. The average Bonchev–Trinajstić information content (AvgIpc) is 3.35. The van der Waals surface area contributed by atoms with E-state index in [1.165, 1.54) is 17.3 Å². The number of benzene rings is 1. The Kier molecular flexibility index (Phi) is 4.57. The summed E-state index contributed by atoms with van der Waals surface area (Å²) in [5, 5.41) is 9.90. The molecule has 1 saturated heterocycles. The quantitative estimate of drug-likeness (QED) is 0.753. The monoisotopic (exact) mass is 350 g/mol. The molecule has 0 saturated carbocycles. The topological polar surface area (TPSA) is 94.0 Å². The molecule has 2 atom stereocenters. The van der Waals surface area contributed by atoms with Gasteiger partial charge in [-0.05, 0) is 24.1 Å². The SMILES string of the molecule is O=C(Nc1cccnc1-n1cncn1)NC1CCOC1c1ccccc1. The zero-order chi connectivity index (χ0) is 17.8. The van der Waals surface area contributed by atoms with E-state index in [0.29, 0.717) is 18.1 Å². The van der Waals surface area contributed by atoms with Gasteiger partial charge in [0.25, 0.3) is 0 Å². The number of nitrogens with one attached hydrogen (secondary N) is 2. The standard InChI is InChI=1S/C18H18N6O2/c25-18(22-14-8-10-26-16(14)13-5-2-1-3-6-13)23-15-7-4-9-20-17(15)24-12-19-11-21-24/h1-7,9,11-12,14,16H,8,10H2,(H2,22,23,25). The number of aromatic nitrogens is 4. The maximum Gasteiger partial charge on any atom is 0.319 e. The number of amides is 2. The second kappa shape index (κ2) is 7.32. The van der Waals surface area contributed by atoms with Gasteiger partial charge in [-0.25, -0.2) is 19.4 Å². The summed E-state index contributed by atoms with van der Waals surface area (Å²) in [6.45, 7) is 0.613. The molecule has 1 aliphatic rings. The van der Waals surface area contributed by atoms with E-state index in [9.17, 15) is 4.79 Å². The van der Waals surface area contributed by atoms with Crippen molar-refractivity contribution in [2.24, 2.45) is 0 Å². The molecule has 26 heavy (non-hydrogen) atoms. The van der Waals surface area contributed by atoms with Crippen molar-refractivity contribution in [1.29, 1.82) is 0 Å². The number of pyridine rings is 1. The zero-order valence-corrected chi connectivity index (χ0v) is 13.9. The molecule has 4 rings (SSSR count). The van der Waals surface area contributed by atoms with E-state index in [1.54, 1.807) is 18.3 Å². The minimum atomic E-state index is -0.309. The zero-order valence-electron chi connectivity index (χ0n) is 13.9. The van der Waals surface area contributed by atoms with Crippen LogP contribution >= 0.6 is 0 Å². The molecule has 3 aromatic rings. The summed E-state index contributed by atoms with van der Waals surface area (Å²) in [6.07, 6.45) is 5.19. The number of hydrogen-bond acceptors (Lipinski definition) is 5. The molecule has 2 amide bonds. The van der Waals surface area contributed by atoms with E-state index in [1.807, 2.05) is 30.3 Å². The van der Waals surface area contributed by atoms with Crippen molar-refractivity contribution < 1.29 is 9.53 Å². The van der Waals surface area contributed by atoms with Gasteiger partial charge in [0.2, 0.25) is 0 Å². The minimum absolute atomic E-state index is 0.0936. The van der Waals surface area contributed by atoms with E-state index in [4.69, 9.17) is 4.74 Å². The van der Waals surface area contributed by atoms with E-state index < -0.39 is 0 Å². The lowest BCUT2D eigenvalue weighted by Crippen LogP contribution is -2.39. The number of hydrogen-bond donors (Lipinski definition) is 2. The predicted octanol–water partition coefficient (Wildman–Crippen LogP) is 2.31. The third kappa shape index (κ3) is 3.40. The lowest BCUT2D eigenvalue weighted by Gasteiger charge is -2.20. The summed E-state index contributed by atoms with van der Waals surface area (Å²) in [5.74, 6) is 0.502. The van der Waals surface area contributed by atoms with Crippen LogP contribution < -0.4 is 10.6 Å². The summed E-state index contributed by atoms with van der Waals surface area (Å²) < 4.78 is 7.31. The van der Waals surface area contributed by atoms with E-state index in [0.717, 1.165) is 12.0 Å². The predicted molar refractivity (Wildman–Crippen MR) is 94.8 cm³/mol. The number of anilines is 1. The fourth-order valence-corrected chi connectivity index (χ4v) is 3.03. The van der Waals surface area contributed by atoms with E-state index in [2.05, 4.69) is 25.7 Å². The molecular weight excluding hydrogens is 332 g/mol. The van der Waals surface area contributed by atoms with Gasteiger partial charge in [-0.3, -0.25) is 0 Å². The molecule has 0 bridgehead atoms. The molecule has 0 aliphatic carbocycles. The Hall–Kier alpha value is -3.26. The number of nitrogens with zero attached hydrogens (tertiary/aromatic N) is 4. The Bertz CT molecular complexity index is 868. The molecular formula is C18H18N6O2. The summed E-state index contributed by atoms with van der Waals surface area (Å²) >= 11 is 0. The van der Waals surface area contributed by atoms with Gasteiger partial charge in [-0.2, -0.15) is 5.10 Å². The van der Waals surface area contributed by atoms with Crippen molar-refractivity contribution >= 4 is 11.7 Å². The van der Waals surface area contributed by atoms with E-state index in [-0.39, 0.29) is 18.2 Å². The highest BCUT2D eigenvalue weighted by atomic mass is 16.5. The van der Waals surface area contributed by atoms with Crippen LogP contribution in [-0.2, 0) is 4.74 Å². The van der Waals surface area contributed by atoms with Gasteiger partial charge in [-0.15, -0.1) is 0 Å². The molecule has 0 radical (unpaired) electrons. The minimum Gasteiger partial charge on any atom is -0.371 e. The Morgan fingerprint density at radius 1 is 1.19 bits per heavy atom. The Labute approximate surface area is 150 Å². The highest BCUT2D eigenvalue weighted by Crippen LogP contribution is 2.29. The van der Waals surface area contributed by atoms with Crippen LogP contribution in [0.2, 0.25) is 0 Å². The number of carbonyl (C=O) groups excluding carboxylic acids is 1. The second-order valence-electron chi connectivity index (χ2n) is 5.91. The molecule has 8 heteroatoms. The first-order valence-electron chi connectivity index (χ1n) is 8.35. The van der Waals surface area contributed by atoms with Crippen LogP contribution in [0.1, 0.15) is 18.1 Å². The largest absolute Gasteiger partial charge is 0.371 e. The molecule has 3 heterocycles. The Morgan fingerprint density at radius 3 is 2.88 bits per heavy atom. The maximum absolute atomic E-state index is 12.5. The van der Waals surface area contributed by atoms with Gasteiger partial charge in [0.15, 0.2) is 5.82 Å². The first-order chi connectivity index (χ1) is 12.8. The van der Waals surface area contributed by atoms with Gasteiger partial charge in [0, 0.05) is 12.8 Å². The fourth-order valence-electron chi connectivity index (χ4n) is 3.03. The maximum atomic E-state index is 12.5. The van der Waals surface area contributed by atoms with Gasteiger partial charge in [0.1, 0.15) is 18.8 Å². The lowest BCUT2D eigenvalue weighted by molar-refractivity contribution is 0.100. The van der Waals surface area contributed by atoms with Gasteiger partial charge >= 0.3 is 6.03 Å². The third-order valence-corrected chi connectivity index (χ3v) is 4.21. The third-order valence-electron chi connectivity index (χ3n) is 4.21. The molecule has 1 fully saturated rings. The number of carbonyl (C=O) groups is 1. The summed E-state index contributed by atoms with van der Waals surface area (Å²) in [7, 11) is 0. The van der Waals surface area contributed by atoms with Gasteiger partial charge in [-0.1, -0.05) is 30.3 Å². The van der Waals surface area contributed by atoms with Crippen molar-refractivity contribution in [3.05, 3.63) is 66.9 Å². The van der Waals surface area contributed by atoms with Gasteiger partial charge < -0.3 is 15.4 Å². The van der Waals surface area contributed by atoms with Crippen molar-refractivity contribution in [1.82, 2.24) is 25.1 Å². The molecule has 1 aliphatic heterocycles. The van der Waals surface area contributed by atoms with Crippen LogP contribution in [0.4, 0.5) is 10.5 Å². The first-order valence-corrected chi connectivity index (χ1v) is 8.35.